The van der Waals surface area contributed by atoms with Gasteiger partial charge in [0, 0.05) is 6.54 Å². The van der Waals surface area contributed by atoms with Crippen LogP contribution in [0.25, 0.3) is 0 Å². The van der Waals surface area contributed by atoms with Crippen molar-refractivity contribution >= 4 is 12.4 Å². The van der Waals surface area contributed by atoms with Crippen LogP contribution in [-0.4, -0.2) is 50.4 Å². The standard InChI is InChI=1S/C18H24N4O3.CH2O2/c1-12(2)25-11-17-20-19-16-10-21(18(23)13(3)22(16)17)9-14-5-7-15(24-4)8-6-14;2-1-3/h5-8,12-13H,9-11H2,1-4H3;1H,(H,2,3)/t13-;/m0./s1. The van der Waals surface area contributed by atoms with E-state index in [2.05, 4.69) is 10.2 Å². The number of carboxylic acid groups (broad SMARTS) is 1. The van der Waals surface area contributed by atoms with Crippen LogP contribution in [0, 0.1) is 0 Å². The van der Waals surface area contributed by atoms with Crippen molar-refractivity contribution in [2.45, 2.75) is 52.6 Å². The van der Waals surface area contributed by atoms with Gasteiger partial charge in [0.2, 0.25) is 5.91 Å². The molecule has 0 fully saturated rings. The fourth-order valence-electron chi connectivity index (χ4n) is 2.96. The number of amides is 1. The van der Waals surface area contributed by atoms with E-state index in [1.807, 2.05) is 54.5 Å². The van der Waals surface area contributed by atoms with Gasteiger partial charge in [-0.25, -0.2) is 0 Å². The Morgan fingerprint density at radius 1 is 1.29 bits per heavy atom. The highest BCUT2D eigenvalue weighted by atomic mass is 16.5. The summed E-state index contributed by atoms with van der Waals surface area (Å²) >= 11 is 0. The minimum Gasteiger partial charge on any atom is -0.497 e. The van der Waals surface area contributed by atoms with Crippen molar-refractivity contribution in [2.24, 2.45) is 0 Å². The second-order valence-electron chi connectivity index (χ2n) is 6.59. The van der Waals surface area contributed by atoms with Crippen LogP contribution in [-0.2, 0) is 34.0 Å². The number of carbonyl (C=O) groups excluding carboxylic acids is 1. The molecule has 0 radical (unpaired) electrons. The van der Waals surface area contributed by atoms with Crippen LogP contribution < -0.4 is 4.74 Å². The number of ether oxygens (including phenoxy) is 2. The van der Waals surface area contributed by atoms with Gasteiger partial charge >= 0.3 is 0 Å². The molecule has 1 aromatic heterocycles. The van der Waals surface area contributed by atoms with E-state index in [4.69, 9.17) is 19.4 Å². The highest BCUT2D eigenvalue weighted by Gasteiger charge is 2.33. The molecule has 9 nitrogen and oxygen atoms in total. The zero-order chi connectivity index (χ0) is 20.7. The number of methoxy groups -OCH3 is 1. The Kier molecular flexibility index (Phi) is 7.51. The highest BCUT2D eigenvalue weighted by molar-refractivity contribution is 5.81. The number of fused-ring (bicyclic) bond motifs is 1. The molecular weight excluding hydrogens is 364 g/mol. The number of aromatic nitrogens is 3. The molecule has 1 N–H and O–H groups in total. The van der Waals surface area contributed by atoms with Gasteiger partial charge in [0.25, 0.3) is 6.47 Å². The quantitative estimate of drug-likeness (QED) is 0.752. The van der Waals surface area contributed by atoms with Crippen LogP contribution >= 0.6 is 0 Å². The molecular formula is C19H26N4O5. The Bertz CT molecular complexity index is 788. The van der Waals surface area contributed by atoms with Gasteiger partial charge < -0.3 is 19.5 Å². The fraction of sp³-hybridized carbons (Fsp3) is 0.474. The summed E-state index contributed by atoms with van der Waals surface area (Å²) in [6, 6.07) is 7.41. The molecule has 152 valence electrons. The zero-order valence-corrected chi connectivity index (χ0v) is 16.5. The molecule has 0 saturated carbocycles. The first-order valence-corrected chi connectivity index (χ1v) is 8.95. The van der Waals surface area contributed by atoms with Gasteiger partial charge in [0.1, 0.15) is 18.4 Å². The summed E-state index contributed by atoms with van der Waals surface area (Å²) < 4.78 is 12.7. The molecule has 0 saturated heterocycles. The van der Waals surface area contributed by atoms with Crippen molar-refractivity contribution < 1.29 is 24.2 Å². The van der Waals surface area contributed by atoms with E-state index in [0.29, 0.717) is 25.5 Å². The summed E-state index contributed by atoms with van der Waals surface area (Å²) in [5.74, 6) is 2.36. The van der Waals surface area contributed by atoms with Crippen molar-refractivity contribution in [2.75, 3.05) is 7.11 Å². The topological polar surface area (TPSA) is 107 Å². The summed E-state index contributed by atoms with van der Waals surface area (Å²) in [5.41, 5.74) is 1.05. The van der Waals surface area contributed by atoms with Gasteiger partial charge in [-0.15, -0.1) is 10.2 Å². The smallest absolute Gasteiger partial charge is 0.290 e. The monoisotopic (exact) mass is 390 g/mol. The predicted octanol–water partition coefficient (Wildman–Crippen LogP) is 2.02. The molecule has 1 amide bonds. The van der Waals surface area contributed by atoms with Gasteiger partial charge in [-0.1, -0.05) is 12.1 Å². The largest absolute Gasteiger partial charge is 0.497 e. The molecule has 9 heteroatoms. The lowest BCUT2D eigenvalue weighted by molar-refractivity contribution is -0.137. The molecule has 0 unspecified atom stereocenters. The minimum absolute atomic E-state index is 0.0638. The maximum atomic E-state index is 12.8. The molecule has 1 atom stereocenters. The lowest BCUT2D eigenvalue weighted by Crippen LogP contribution is -2.41. The third-order valence-corrected chi connectivity index (χ3v) is 4.30. The third-order valence-electron chi connectivity index (χ3n) is 4.30. The highest BCUT2D eigenvalue weighted by Crippen LogP contribution is 2.25. The molecule has 2 heterocycles. The molecule has 1 aromatic carbocycles. The van der Waals surface area contributed by atoms with Gasteiger partial charge in [-0.05, 0) is 38.5 Å². The Balaban J connectivity index is 0.000000878. The van der Waals surface area contributed by atoms with Crippen LogP contribution in [0.5, 0.6) is 5.75 Å². The lowest BCUT2D eigenvalue weighted by Gasteiger charge is -2.32. The molecule has 0 aliphatic carbocycles. The van der Waals surface area contributed by atoms with Gasteiger partial charge in [0.15, 0.2) is 11.6 Å². The summed E-state index contributed by atoms with van der Waals surface area (Å²) in [6.45, 7) is 6.92. The Morgan fingerprint density at radius 3 is 2.50 bits per heavy atom. The first kappa shape index (κ1) is 21.4. The Labute approximate surface area is 163 Å². The Hall–Kier alpha value is -2.94. The summed E-state index contributed by atoms with van der Waals surface area (Å²) in [6.07, 6.45) is 0.106. The van der Waals surface area contributed by atoms with E-state index in [1.54, 1.807) is 7.11 Å². The van der Waals surface area contributed by atoms with Crippen molar-refractivity contribution in [3.63, 3.8) is 0 Å². The maximum Gasteiger partial charge on any atom is 0.290 e. The van der Waals surface area contributed by atoms with Crippen molar-refractivity contribution in [1.82, 2.24) is 19.7 Å². The lowest BCUT2D eigenvalue weighted by atomic mass is 10.1. The fourth-order valence-corrected chi connectivity index (χ4v) is 2.96. The van der Waals surface area contributed by atoms with Crippen LogP contribution in [0.1, 0.15) is 44.0 Å². The number of carbonyl (C=O) groups is 2. The summed E-state index contributed by atoms with van der Waals surface area (Å²) in [5, 5.41) is 15.4. The first-order valence-electron chi connectivity index (χ1n) is 8.95. The second kappa shape index (κ2) is 9.84. The third kappa shape index (κ3) is 5.07. The number of hydrogen-bond acceptors (Lipinski definition) is 6. The van der Waals surface area contributed by atoms with E-state index in [-0.39, 0.29) is 24.5 Å². The van der Waals surface area contributed by atoms with Gasteiger partial charge in [-0.2, -0.15) is 0 Å². The average molecular weight is 390 g/mol. The number of hydrogen-bond donors (Lipinski definition) is 1. The molecule has 1 aliphatic rings. The zero-order valence-electron chi connectivity index (χ0n) is 16.5. The molecule has 0 bridgehead atoms. The SMILES string of the molecule is COc1ccc(CN2Cc3nnc(COC(C)C)n3[C@@H](C)C2=O)cc1.O=CO. The molecule has 28 heavy (non-hydrogen) atoms. The molecule has 1 aliphatic heterocycles. The van der Waals surface area contributed by atoms with E-state index < -0.39 is 0 Å². The average Bonchev–Trinajstić information content (AvgIpc) is 3.08. The minimum atomic E-state index is -0.331. The number of nitrogens with zero attached hydrogens (tertiary/aromatic N) is 4. The van der Waals surface area contributed by atoms with E-state index >= 15 is 0 Å². The summed E-state index contributed by atoms with van der Waals surface area (Å²) in [4.78, 5) is 23.0. The summed E-state index contributed by atoms with van der Waals surface area (Å²) in [7, 11) is 1.64. The van der Waals surface area contributed by atoms with Crippen molar-refractivity contribution in [3.05, 3.63) is 41.5 Å². The van der Waals surface area contributed by atoms with Gasteiger partial charge in [-0.3, -0.25) is 14.2 Å². The van der Waals surface area contributed by atoms with Crippen molar-refractivity contribution in [1.29, 1.82) is 0 Å². The first-order chi connectivity index (χ1) is 13.4. The number of rotatable bonds is 6. The van der Waals surface area contributed by atoms with E-state index in [0.717, 1.165) is 17.1 Å². The number of benzene rings is 1. The van der Waals surface area contributed by atoms with Crippen LogP contribution in [0.4, 0.5) is 0 Å². The van der Waals surface area contributed by atoms with Crippen LogP contribution in [0.2, 0.25) is 0 Å². The predicted molar refractivity (Wildman–Crippen MR) is 101 cm³/mol. The molecule has 3 rings (SSSR count). The molecule has 2 aromatic rings. The van der Waals surface area contributed by atoms with Crippen LogP contribution in [0.3, 0.4) is 0 Å². The Morgan fingerprint density at radius 2 is 1.93 bits per heavy atom. The van der Waals surface area contributed by atoms with Gasteiger partial charge in [0.05, 0.1) is 19.8 Å². The normalized spacial score (nSPS) is 15.7. The molecule has 0 spiro atoms. The van der Waals surface area contributed by atoms with Crippen molar-refractivity contribution in [3.8, 4) is 5.75 Å². The van der Waals surface area contributed by atoms with E-state index in [9.17, 15) is 4.79 Å². The van der Waals surface area contributed by atoms with E-state index in [1.165, 1.54) is 0 Å². The second-order valence-corrected chi connectivity index (χ2v) is 6.59. The maximum absolute atomic E-state index is 12.8. The van der Waals surface area contributed by atoms with Crippen LogP contribution in [0.15, 0.2) is 24.3 Å².